The highest BCUT2D eigenvalue weighted by atomic mass is 32.2. The maximum atomic E-state index is 12.9. The van der Waals surface area contributed by atoms with Gasteiger partial charge in [0.05, 0.1) is 11.8 Å². The predicted molar refractivity (Wildman–Crippen MR) is 96.9 cm³/mol. The highest BCUT2D eigenvalue weighted by Crippen LogP contribution is 2.44. The molecular formula is C20H19NO3S. The van der Waals surface area contributed by atoms with Crippen LogP contribution in [0.4, 0.5) is 0 Å². The number of rotatable bonds is 4. The first kappa shape index (κ1) is 16.2. The van der Waals surface area contributed by atoms with E-state index in [0.717, 1.165) is 11.1 Å². The summed E-state index contributed by atoms with van der Waals surface area (Å²) in [5.41, 5.74) is 1.85. The third-order valence-electron chi connectivity index (χ3n) is 4.74. The van der Waals surface area contributed by atoms with E-state index in [0.29, 0.717) is 6.42 Å². The van der Waals surface area contributed by atoms with Crippen LogP contribution in [0.2, 0.25) is 0 Å². The summed E-state index contributed by atoms with van der Waals surface area (Å²) in [7, 11) is 0. The number of esters is 1. The first-order chi connectivity index (χ1) is 12.1. The fraction of sp³-hybridized carbons (Fsp3) is 0.300. The summed E-state index contributed by atoms with van der Waals surface area (Å²) in [4.78, 5) is 26.5. The number of carbonyl (C=O) groups is 2. The van der Waals surface area contributed by atoms with Gasteiger partial charge in [0.1, 0.15) is 6.04 Å². The number of fused-ring (bicyclic) bond motifs is 1. The monoisotopic (exact) mass is 353 g/mol. The Labute approximate surface area is 151 Å². The number of β-lactam (4-membered cyclic amide) rings is 1. The van der Waals surface area contributed by atoms with Crippen LogP contribution >= 0.6 is 11.8 Å². The minimum atomic E-state index is -0.494. The van der Waals surface area contributed by atoms with Gasteiger partial charge in [-0.3, -0.25) is 4.79 Å². The number of hydrogen-bond donors (Lipinski definition) is 0. The summed E-state index contributed by atoms with van der Waals surface area (Å²) in [6, 6.07) is 18.9. The normalized spacial score (nSPS) is 24.8. The molecule has 128 valence electrons. The maximum Gasteiger partial charge on any atom is 0.331 e. The topological polar surface area (TPSA) is 46.6 Å². The SMILES string of the molecule is CC1S[C@@H]2CC(=O)N2C1C(=O)OC(c1ccccc1)c1ccccc1. The van der Waals surface area contributed by atoms with Crippen LogP contribution in [-0.2, 0) is 14.3 Å². The van der Waals surface area contributed by atoms with Crippen LogP contribution in [0.5, 0.6) is 0 Å². The summed E-state index contributed by atoms with van der Waals surface area (Å²) in [6.45, 7) is 1.99. The molecule has 2 aliphatic rings. The van der Waals surface area contributed by atoms with Crippen molar-refractivity contribution >= 4 is 23.6 Å². The van der Waals surface area contributed by atoms with Gasteiger partial charge >= 0.3 is 5.97 Å². The van der Waals surface area contributed by atoms with Gasteiger partial charge < -0.3 is 9.64 Å². The Morgan fingerprint density at radius 2 is 1.64 bits per heavy atom. The Bertz CT molecular complexity index is 741. The Kier molecular flexibility index (Phi) is 4.25. The Balaban J connectivity index is 1.61. The molecule has 25 heavy (non-hydrogen) atoms. The predicted octanol–water partition coefficient (Wildman–Crippen LogP) is 3.38. The van der Waals surface area contributed by atoms with Crippen molar-refractivity contribution in [3.63, 3.8) is 0 Å². The summed E-state index contributed by atoms with van der Waals surface area (Å²) < 4.78 is 5.93. The molecule has 2 aromatic carbocycles. The highest BCUT2D eigenvalue weighted by molar-refractivity contribution is 8.00. The van der Waals surface area contributed by atoms with Gasteiger partial charge in [0, 0.05) is 5.25 Å². The van der Waals surface area contributed by atoms with E-state index in [9.17, 15) is 9.59 Å². The highest BCUT2D eigenvalue weighted by Gasteiger charge is 2.54. The van der Waals surface area contributed by atoms with Gasteiger partial charge in [0.25, 0.3) is 0 Å². The number of hydrogen-bond acceptors (Lipinski definition) is 4. The van der Waals surface area contributed by atoms with Crippen molar-refractivity contribution in [2.24, 2.45) is 0 Å². The fourth-order valence-electron chi connectivity index (χ4n) is 3.47. The van der Waals surface area contributed by atoms with Crippen LogP contribution < -0.4 is 0 Å². The molecule has 0 aromatic heterocycles. The summed E-state index contributed by atoms with van der Waals surface area (Å²) in [5, 5.41) is 0.183. The van der Waals surface area contributed by atoms with Gasteiger partial charge in [0.2, 0.25) is 5.91 Å². The maximum absolute atomic E-state index is 12.9. The lowest BCUT2D eigenvalue weighted by molar-refractivity contribution is -0.162. The first-order valence-electron chi connectivity index (χ1n) is 8.42. The third-order valence-corrected chi connectivity index (χ3v) is 6.14. The smallest absolute Gasteiger partial charge is 0.331 e. The molecule has 4 nitrogen and oxygen atoms in total. The number of nitrogens with zero attached hydrogens (tertiary/aromatic N) is 1. The quantitative estimate of drug-likeness (QED) is 0.624. The van der Waals surface area contributed by atoms with Crippen molar-refractivity contribution in [2.75, 3.05) is 0 Å². The lowest BCUT2D eigenvalue weighted by Gasteiger charge is -2.37. The molecule has 1 amide bonds. The van der Waals surface area contributed by atoms with Crippen LogP contribution in [0, 0.1) is 0 Å². The molecule has 0 N–H and O–H groups in total. The van der Waals surface area contributed by atoms with Gasteiger partial charge in [0.15, 0.2) is 6.10 Å². The van der Waals surface area contributed by atoms with Crippen molar-refractivity contribution < 1.29 is 14.3 Å². The molecule has 2 aromatic rings. The molecule has 2 aliphatic heterocycles. The van der Waals surface area contributed by atoms with Crippen molar-refractivity contribution in [1.82, 2.24) is 4.90 Å². The van der Waals surface area contributed by atoms with Crippen LogP contribution in [0.1, 0.15) is 30.6 Å². The summed E-state index contributed by atoms with van der Waals surface area (Å²) >= 11 is 1.68. The zero-order valence-corrected chi connectivity index (χ0v) is 14.7. The second kappa shape index (κ2) is 6.56. The third kappa shape index (κ3) is 2.93. The summed E-state index contributed by atoms with van der Waals surface area (Å²) in [5.74, 6) is -0.284. The molecule has 0 saturated carbocycles. The lowest BCUT2D eigenvalue weighted by atomic mass is 10.0. The standard InChI is InChI=1S/C20H19NO3S/c1-13-18(21-16(22)12-17(21)25-13)20(23)24-19(14-8-4-2-5-9-14)15-10-6-3-7-11-15/h2-11,13,17-19H,12H2,1H3/t13?,17-,18?/m1/s1. The molecule has 2 fully saturated rings. The van der Waals surface area contributed by atoms with Gasteiger partial charge in [-0.15, -0.1) is 11.8 Å². The first-order valence-corrected chi connectivity index (χ1v) is 9.36. The molecule has 0 bridgehead atoms. The Morgan fingerprint density at radius 3 is 2.16 bits per heavy atom. The number of carbonyl (C=O) groups excluding carboxylic acids is 2. The molecule has 0 spiro atoms. The lowest BCUT2D eigenvalue weighted by Crippen LogP contribution is -2.55. The molecule has 2 unspecified atom stereocenters. The van der Waals surface area contributed by atoms with Gasteiger partial charge in [-0.05, 0) is 11.1 Å². The van der Waals surface area contributed by atoms with E-state index in [1.54, 1.807) is 16.7 Å². The van der Waals surface area contributed by atoms with Gasteiger partial charge in [-0.1, -0.05) is 67.6 Å². The van der Waals surface area contributed by atoms with Crippen molar-refractivity contribution in [3.8, 4) is 0 Å². The van der Waals surface area contributed by atoms with Gasteiger partial charge in [-0.2, -0.15) is 0 Å². The Morgan fingerprint density at radius 1 is 1.08 bits per heavy atom. The molecule has 2 heterocycles. The van der Waals surface area contributed by atoms with E-state index < -0.39 is 12.1 Å². The molecule has 0 radical (unpaired) electrons. The zero-order valence-electron chi connectivity index (χ0n) is 13.9. The molecule has 0 aliphatic carbocycles. The molecule has 4 rings (SSSR count). The van der Waals surface area contributed by atoms with Crippen molar-refractivity contribution in [1.29, 1.82) is 0 Å². The molecular weight excluding hydrogens is 334 g/mol. The average molecular weight is 353 g/mol. The number of benzene rings is 2. The number of ether oxygens (including phenoxy) is 1. The van der Waals surface area contributed by atoms with Crippen LogP contribution in [0.15, 0.2) is 60.7 Å². The van der Waals surface area contributed by atoms with E-state index in [2.05, 4.69) is 0 Å². The van der Waals surface area contributed by atoms with Gasteiger partial charge in [-0.25, -0.2) is 4.79 Å². The van der Waals surface area contributed by atoms with Crippen molar-refractivity contribution in [2.45, 2.75) is 36.1 Å². The Hall–Kier alpha value is -2.27. The fourth-order valence-corrected chi connectivity index (χ4v) is 4.98. The van der Waals surface area contributed by atoms with Crippen LogP contribution in [-0.4, -0.2) is 33.4 Å². The second-order valence-corrected chi connectivity index (χ2v) is 7.94. The van der Waals surface area contributed by atoms with Crippen molar-refractivity contribution in [3.05, 3.63) is 71.8 Å². The second-order valence-electron chi connectivity index (χ2n) is 6.38. The minimum absolute atomic E-state index is 0.0415. The van der Waals surface area contributed by atoms with E-state index in [-0.39, 0.29) is 22.5 Å². The van der Waals surface area contributed by atoms with E-state index >= 15 is 0 Å². The largest absolute Gasteiger partial charge is 0.451 e. The average Bonchev–Trinajstić information content (AvgIpc) is 2.91. The zero-order chi connectivity index (χ0) is 17.4. The molecule has 2 saturated heterocycles. The summed E-state index contributed by atoms with van der Waals surface area (Å²) in [6.07, 6.45) is 0.0575. The minimum Gasteiger partial charge on any atom is -0.451 e. The van der Waals surface area contributed by atoms with Crippen LogP contribution in [0.25, 0.3) is 0 Å². The van der Waals surface area contributed by atoms with E-state index in [1.807, 2.05) is 67.6 Å². The van der Waals surface area contributed by atoms with E-state index in [4.69, 9.17) is 4.74 Å². The number of amides is 1. The van der Waals surface area contributed by atoms with Crippen LogP contribution in [0.3, 0.4) is 0 Å². The van der Waals surface area contributed by atoms with E-state index in [1.165, 1.54) is 0 Å². The molecule has 3 atom stereocenters. The molecule has 5 heteroatoms. The number of thioether (sulfide) groups is 1.